The fraction of sp³-hybridized carbons (Fsp3) is 0. The van der Waals surface area contributed by atoms with Gasteiger partial charge < -0.3 is 0 Å². The van der Waals surface area contributed by atoms with Crippen molar-refractivity contribution in [3.63, 3.8) is 0 Å². The Kier molecular flexibility index (Phi) is 21.7. The first kappa shape index (κ1) is 84.9. The minimum absolute atomic E-state index is 0.802. The molecule has 12 heterocycles. The number of rotatable bonds is 13. The maximum absolute atomic E-state index is 5.39. The summed E-state index contributed by atoms with van der Waals surface area (Å²) in [5, 5.41) is 25.5. The predicted octanol–water partition coefficient (Wildman–Crippen LogP) is 33.3. The highest BCUT2D eigenvalue weighted by atomic mass is 14.8. The van der Waals surface area contributed by atoms with Gasteiger partial charge in [0.1, 0.15) is 0 Å². The highest BCUT2D eigenvalue weighted by Gasteiger charge is 2.25. The fourth-order valence-corrected chi connectivity index (χ4v) is 20.9. The van der Waals surface area contributed by atoms with Crippen molar-refractivity contribution in [1.29, 1.82) is 0 Å². The molecule has 0 bridgehead atoms. The summed E-state index contributed by atoms with van der Waals surface area (Å²) in [5.41, 5.74) is 27.9. The zero-order valence-electron chi connectivity index (χ0n) is 77.7. The quantitative estimate of drug-likeness (QED) is 0.101. The minimum Gasteiger partial charge on any atom is -0.264 e. The van der Waals surface area contributed by atoms with Crippen LogP contribution in [0.1, 0.15) is 0 Å². The van der Waals surface area contributed by atoms with E-state index in [-0.39, 0.29) is 0 Å². The Morgan fingerprint density at radius 1 is 0.118 bits per heavy atom. The molecule has 0 saturated heterocycles. The molecule has 0 N–H and O–H groups in total. The molecule has 12 nitrogen and oxygen atoms in total. The van der Waals surface area contributed by atoms with Crippen LogP contribution in [-0.4, -0.2) is 59.8 Å². The topological polar surface area (TPSA) is 155 Å². The Morgan fingerprint density at radius 3 is 0.597 bits per heavy atom. The maximum atomic E-state index is 5.39. The maximum Gasteiger partial charge on any atom is 0.0900 e. The third-order valence-corrected chi connectivity index (χ3v) is 27.4. The highest BCUT2D eigenvalue weighted by Crippen LogP contribution is 2.49. The molecule has 0 spiro atoms. The van der Waals surface area contributed by atoms with Gasteiger partial charge in [0.25, 0.3) is 0 Å². The van der Waals surface area contributed by atoms with Gasteiger partial charge in [-0.3, -0.25) is 29.9 Å². The molecule has 12 heteroatoms. The van der Waals surface area contributed by atoms with Crippen molar-refractivity contribution in [1.82, 2.24) is 59.8 Å². The van der Waals surface area contributed by atoms with E-state index in [1.54, 1.807) is 37.2 Å². The van der Waals surface area contributed by atoms with E-state index in [0.717, 1.165) is 174 Å². The van der Waals surface area contributed by atoms with Gasteiger partial charge in [-0.25, -0.2) is 29.9 Å². The number of hydrogen-bond donors (Lipinski definition) is 0. The number of aromatic nitrogens is 12. The van der Waals surface area contributed by atoms with E-state index in [0.29, 0.717) is 0 Å². The standard InChI is InChI=1S/C48H30N4.2C42H26N4/c1-3-19-38-36(17-1)37-18-2-4-20-39(37)47-46(38)40-21-5-6-22-41(40)52-48(47)34-16-12-14-32(28-34)31-13-11-15-33(27-31)35-29-44(42-23-7-9-25-49-42)51-45(30-35)43-24-8-10-26-50-43;1-3-16-34-32(14-1)33-15-2-4-17-35(33)41-40(34)36-18-5-6-19-37(36)46-42(41)28-11-7-10-27(22-28)31-23-38(29-12-8-20-43-25-29)45-39(24-31)30-13-9-21-44-26-30;1-3-16-32-30(14-1)31-15-2-4-17-33(31)41-40(32)34-18-5-6-19-35(34)46-42(41)28-13-11-12-27(24-28)29-25-38(36-20-7-9-22-43-36)45-39(26-29)37-21-8-10-23-44-37/h1-30H;2*1-26H. The number of benzene rings is 16. The molecular formula is C132H82N12. The van der Waals surface area contributed by atoms with Crippen molar-refractivity contribution < 1.29 is 0 Å². The summed E-state index contributed by atoms with van der Waals surface area (Å²) in [7, 11) is 0. The summed E-state index contributed by atoms with van der Waals surface area (Å²) < 4.78 is 0. The molecule has 670 valence electrons. The van der Waals surface area contributed by atoms with Crippen molar-refractivity contribution in [2.75, 3.05) is 0 Å². The molecule has 0 aliphatic heterocycles. The van der Waals surface area contributed by atoms with Gasteiger partial charge >= 0.3 is 0 Å². The number of hydrogen-bond acceptors (Lipinski definition) is 12. The molecule has 0 unspecified atom stereocenters. The Bertz CT molecular complexity index is 9370. The molecule has 28 aromatic rings. The summed E-state index contributed by atoms with van der Waals surface area (Å²) in [6, 6.07) is 157. The van der Waals surface area contributed by atoms with E-state index >= 15 is 0 Å². The number of para-hydroxylation sites is 3. The summed E-state index contributed by atoms with van der Waals surface area (Å²) in [5.74, 6) is 0. The predicted molar refractivity (Wildman–Crippen MR) is 594 cm³/mol. The van der Waals surface area contributed by atoms with Crippen LogP contribution in [0.15, 0.2) is 498 Å². The van der Waals surface area contributed by atoms with Crippen LogP contribution in [0.2, 0.25) is 0 Å². The van der Waals surface area contributed by atoms with E-state index < -0.39 is 0 Å². The van der Waals surface area contributed by atoms with E-state index in [1.165, 1.54) is 102 Å². The second kappa shape index (κ2) is 36.7. The Labute approximate surface area is 828 Å². The van der Waals surface area contributed by atoms with Gasteiger partial charge in [-0.15, -0.1) is 0 Å². The largest absolute Gasteiger partial charge is 0.264 e. The second-order valence-electron chi connectivity index (χ2n) is 36.0. The van der Waals surface area contributed by atoms with Crippen molar-refractivity contribution in [2.45, 2.75) is 0 Å². The van der Waals surface area contributed by atoms with Gasteiger partial charge in [-0.2, -0.15) is 0 Å². The normalized spacial score (nSPS) is 11.5. The molecule has 0 atom stereocenters. The number of pyridine rings is 12. The lowest BCUT2D eigenvalue weighted by Crippen LogP contribution is -1.95. The van der Waals surface area contributed by atoms with Crippen LogP contribution in [0.3, 0.4) is 0 Å². The van der Waals surface area contributed by atoms with Crippen molar-refractivity contribution in [3.8, 4) is 146 Å². The van der Waals surface area contributed by atoms with Crippen LogP contribution in [0, 0.1) is 0 Å². The van der Waals surface area contributed by atoms with Crippen LogP contribution >= 0.6 is 0 Å². The van der Waals surface area contributed by atoms with Crippen molar-refractivity contribution >= 4 is 130 Å². The van der Waals surface area contributed by atoms with Crippen LogP contribution in [0.4, 0.5) is 0 Å². The lowest BCUT2D eigenvalue weighted by Gasteiger charge is -2.17. The third kappa shape index (κ3) is 15.7. The van der Waals surface area contributed by atoms with Gasteiger partial charge in [0.05, 0.1) is 90.6 Å². The monoisotopic (exact) mass is 1830 g/mol. The van der Waals surface area contributed by atoms with Crippen LogP contribution in [-0.2, 0) is 0 Å². The average molecular weight is 1840 g/mol. The molecule has 0 amide bonds. The van der Waals surface area contributed by atoms with E-state index in [2.05, 4.69) is 382 Å². The van der Waals surface area contributed by atoms with Crippen LogP contribution in [0.5, 0.6) is 0 Å². The molecule has 0 aliphatic carbocycles. The second-order valence-corrected chi connectivity index (χ2v) is 36.0. The summed E-state index contributed by atoms with van der Waals surface area (Å²) in [6.45, 7) is 0. The highest BCUT2D eigenvalue weighted by molar-refractivity contribution is 6.37. The first-order chi connectivity index (χ1) is 71.4. The van der Waals surface area contributed by atoms with Gasteiger partial charge in [0.2, 0.25) is 0 Å². The minimum atomic E-state index is 0.802. The summed E-state index contributed by atoms with van der Waals surface area (Å²) in [4.78, 5) is 58.3. The lowest BCUT2D eigenvalue weighted by molar-refractivity contribution is 1.22. The lowest BCUT2D eigenvalue weighted by atomic mass is 9.89. The van der Waals surface area contributed by atoms with Gasteiger partial charge in [-0.1, -0.05) is 297 Å². The van der Waals surface area contributed by atoms with E-state index in [4.69, 9.17) is 29.9 Å². The zero-order chi connectivity index (χ0) is 95.3. The Hall–Kier alpha value is -19.6. The van der Waals surface area contributed by atoms with Crippen LogP contribution in [0.25, 0.3) is 276 Å². The molecule has 0 aliphatic rings. The number of nitrogens with zero attached hydrogens (tertiary/aromatic N) is 12. The van der Waals surface area contributed by atoms with E-state index in [9.17, 15) is 0 Å². The molecule has 0 radical (unpaired) electrons. The molecule has 16 aromatic carbocycles. The molecule has 144 heavy (non-hydrogen) atoms. The molecular weight excluding hydrogens is 1750 g/mol. The van der Waals surface area contributed by atoms with E-state index in [1.807, 2.05) is 109 Å². The first-order valence-corrected chi connectivity index (χ1v) is 48.2. The SMILES string of the molecule is c1ccc(-c2cc(-c3cccc(-c4cccc(-c5nc6ccccc6c6c7ccccc7c7ccccc7c56)c4)c3)cc(-c3ccccn3)n2)nc1.c1ccc(-c2cc(-c3cccc(-c4nc5ccccc5c5c6ccccc6c6ccccc6c45)c3)cc(-c3ccccn3)n2)nc1.c1cncc(-c2cc(-c3cccc(-c4nc5ccccc5c5c6ccccc6c6ccccc6c45)c3)cc(-c3cccnc3)n2)c1. The Balaban J connectivity index is 0.000000110. The van der Waals surface area contributed by atoms with Gasteiger partial charge in [-0.05, 0) is 261 Å². The number of fused-ring (bicyclic) bond motifs is 24. The third-order valence-electron chi connectivity index (χ3n) is 27.4. The van der Waals surface area contributed by atoms with Gasteiger partial charge in [0, 0.05) is 126 Å². The average Bonchev–Trinajstić information content (AvgIpc) is 0.722. The van der Waals surface area contributed by atoms with Crippen LogP contribution < -0.4 is 0 Å². The zero-order valence-corrected chi connectivity index (χ0v) is 77.7. The molecule has 12 aromatic heterocycles. The molecule has 0 fully saturated rings. The smallest absolute Gasteiger partial charge is 0.0900 e. The summed E-state index contributed by atoms with van der Waals surface area (Å²) >= 11 is 0. The summed E-state index contributed by atoms with van der Waals surface area (Å²) in [6.07, 6.45) is 14.5. The van der Waals surface area contributed by atoms with Gasteiger partial charge in [0.15, 0.2) is 0 Å². The fourth-order valence-electron chi connectivity index (χ4n) is 20.9. The Morgan fingerprint density at radius 2 is 0.333 bits per heavy atom. The first-order valence-electron chi connectivity index (χ1n) is 48.2. The molecule has 28 rings (SSSR count). The van der Waals surface area contributed by atoms with Crippen molar-refractivity contribution in [3.05, 3.63) is 498 Å². The molecule has 0 saturated carbocycles. The van der Waals surface area contributed by atoms with Crippen molar-refractivity contribution in [2.24, 2.45) is 0 Å².